The van der Waals surface area contributed by atoms with Gasteiger partial charge in [-0.05, 0) is 49.7 Å². The number of benzene rings is 2. The Balaban J connectivity index is 0.000000326. The highest BCUT2D eigenvalue weighted by Gasteiger charge is 2.39. The summed E-state index contributed by atoms with van der Waals surface area (Å²) < 4.78 is 0. The molecule has 0 spiro atoms. The molecule has 41 heavy (non-hydrogen) atoms. The van der Waals surface area contributed by atoms with Crippen molar-refractivity contribution in [2.75, 3.05) is 13.1 Å². The molecule has 9 nitrogen and oxygen atoms in total. The monoisotopic (exact) mass is 564 g/mol. The Labute approximate surface area is 245 Å². The van der Waals surface area contributed by atoms with Crippen molar-refractivity contribution in [3.8, 4) is 11.1 Å². The lowest BCUT2D eigenvalue weighted by Gasteiger charge is -2.34. The smallest absolute Gasteiger partial charge is 0.247 e. The van der Waals surface area contributed by atoms with E-state index in [1.54, 1.807) is 11.1 Å². The van der Waals surface area contributed by atoms with E-state index < -0.39 is 18.0 Å². The molecule has 3 amide bonds. The Morgan fingerprint density at radius 2 is 1.56 bits per heavy atom. The van der Waals surface area contributed by atoms with Crippen LogP contribution >= 0.6 is 0 Å². The van der Waals surface area contributed by atoms with Crippen LogP contribution in [0.5, 0.6) is 0 Å². The summed E-state index contributed by atoms with van der Waals surface area (Å²) in [6.07, 6.45) is 5.00. The molecule has 2 fully saturated rings. The number of nitrogens with zero attached hydrogens (tertiary/aromatic N) is 2. The van der Waals surface area contributed by atoms with Gasteiger partial charge in [-0.25, -0.2) is 5.84 Å². The summed E-state index contributed by atoms with van der Waals surface area (Å²) in [7, 11) is 0. The third-order valence-electron chi connectivity index (χ3n) is 6.99. The van der Waals surface area contributed by atoms with Gasteiger partial charge in [0.25, 0.3) is 0 Å². The van der Waals surface area contributed by atoms with E-state index in [1.807, 2.05) is 33.8 Å². The second kappa shape index (κ2) is 16.4. The van der Waals surface area contributed by atoms with E-state index in [9.17, 15) is 14.4 Å². The molecule has 2 aromatic carbocycles. The molecule has 1 saturated carbocycles. The SMILES string of the molecule is CC.CC(C)C(C(=O)N1CCCC1C(=O)NCC(N)=O)N(N)/C=C(\N)C1CC1.Cc1ccc(-c2ccccc2)cc1. The number of hydrogen-bond acceptors (Lipinski definition) is 6. The number of nitrogens with one attached hydrogen (secondary N) is 1. The normalized spacial score (nSPS) is 17.0. The van der Waals surface area contributed by atoms with Gasteiger partial charge < -0.3 is 26.7 Å². The lowest BCUT2D eigenvalue weighted by molar-refractivity contribution is -0.143. The fraction of sp³-hybridized carbons (Fsp3) is 0.469. The van der Waals surface area contributed by atoms with Gasteiger partial charge in [0.15, 0.2) is 0 Å². The summed E-state index contributed by atoms with van der Waals surface area (Å²) >= 11 is 0. The number of hydrogen-bond donors (Lipinski definition) is 4. The molecular weight excluding hydrogens is 516 g/mol. The maximum atomic E-state index is 13.1. The molecule has 7 N–H and O–H groups in total. The number of primary amides is 1. The number of amides is 3. The summed E-state index contributed by atoms with van der Waals surface area (Å²) in [5, 5.41) is 3.85. The zero-order chi connectivity index (χ0) is 30.5. The molecular formula is C32H48N6O3. The maximum Gasteiger partial charge on any atom is 0.247 e. The maximum absolute atomic E-state index is 13.1. The van der Waals surface area contributed by atoms with Crippen molar-refractivity contribution in [1.29, 1.82) is 0 Å². The highest BCUT2D eigenvalue weighted by molar-refractivity contribution is 5.92. The van der Waals surface area contributed by atoms with Crippen LogP contribution in [0.4, 0.5) is 0 Å². The van der Waals surface area contributed by atoms with Crippen molar-refractivity contribution in [3.05, 3.63) is 72.1 Å². The zero-order valence-corrected chi connectivity index (χ0v) is 25.2. The van der Waals surface area contributed by atoms with Gasteiger partial charge >= 0.3 is 0 Å². The molecule has 224 valence electrons. The fourth-order valence-electron chi connectivity index (χ4n) is 4.67. The molecule has 1 heterocycles. The van der Waals surface area contributed by atoms with Crippen LogP contribution in [0, 0.1) is 18.8 Å². The van der Waals surface area contributed by atoms with Gasteiger partial charge in [0.2, 0.25) is 17.7 Å². The minimum Gasteiger partial charge on any atom is -0.401 e. The second-order valence-electron chi connectivity index (χ2n) is 10.6. The number of nitrogens with two attached hydrogens (primary N) is 3. The molecule has 0 aromatic heterocycles. The van der Waals surface area contributed by atoms with E-state index >= 15 is 0 Å². The molecule has 2 aliphatic rings. The molecule has 1 aliphatic heterocycles. The van der Waals surface area contributed by atoms with Crippen LogP contribution in [-0.4, -0.2) is 52.8 Å². The van der Waals surface area contributed by atoms with E-state index in [0.29, 0.717) is 24.6 Å². The predicted molar refractivity (Wildman–Crippen MR) is 165 cm³/mol. The number of rotatable bonds is 9. The van der Waals surface area contributed by atoms with E-state index in [2.05, 4.69) is 60.8 Å². The Kier molecular flexibility index (Phi) is 13.4. The van der Waals surface area contributed by atoms with E-state index in [4.69, 9.17) is 17.3 Å². The molecule has 2 aromatic rings. The third kappa shape index (κ3) is 10.2. The van der Waals surface area contributed by atoms with Crippen LogP contribution in [0.15, 0.2) is 66.5 Å². The first kappa shape index (κ1) is 33.4. The van der Waals surface area contributed by atoms with Crippen molar-refractivity contribution < 1.29 is 14.4 Å². The van der Waals surface area contributed by atoms with Gasteiger partial charge in [-0.15, -0.1) is 0 Å². The van der Waals surface area contributed by atoms with Crippen LogP contribution in [0.3, 0.4) is 0 Å². The summed E-state index contributed by atoms with van der Waals surface area (Å²) in [4.78, 5) is 37.8. The fourth-order valence-corrected chi connectivity index (χ4v) is 4.67. The summed E-state index contributed by atoms with van der Waals surface area (Å²) in [5.74, 6) is 5.23. The largest absolute Gasteiger partial charge is 0.401 e. The molecule has 4 rings (SSSR count). The molecule has 9 heteroatoms. The third-order valence-corrected chi connectivity index (χ3v) is 6.99. The van der Waals surface area contributed by atoms with Gasteiger partial charge in [-0.1, -0.05) is 87.9 Å². The first-order valence-electron chi connectivity index (χ1n) is 14.6. The number of hydrazine groups is 1. The molecule has 1 aliphatic carbocycles. The number of aryl methyl sites for hydroxylation is 1. The molecule has 2 atom stereocenters. The lowest BCUT2D eigenvalue weighted by Crippen LogP contribution is -2.56. The predicted octanol–water partition coefficient (Wildman–Crippen LogP) is 3.68. The average molecular weight is 565 g/mol. The van der Waals surface area contributed by atoms with Crippen molar-refractivity contribution in [2.45, 2.75) is 72.4 Å². The molecule has 0 radical (unpaired) electrons. The topological polar surface area (TPSA) is 148 Å². The van der Waals surface area contributed by atoms with E-state index in [0.717, 1.165) is 19.3 Å². The van der Waals surface area contributed by atoms with Crippen molar-refractivity contribution in [1.82, 2.24) is 15.2 Å². The number of allylic oxidation sites excluding steroid dienone is 1. The highest BCUT2D eigenvalue weighted by atomic mass is 16.2. The van der Waals surface area contributed by atoms with Crippen LogP contribution in [-0.2, 0) is 14.4 Å². The Bertz CT molecular complexity index is 1150. The van der Waals surface area contributed by atoms with Gasteiger partial charge in [-0.2, -0.15) is 0 Å². The minimum absolute atomic E-state index is 0.0642. The molecule has 0 bridgehead atoms. The van der Waals surface area contributed by atoms with Gasteiger partial charge in [0, 0.05) is 24.4 Å². The summed E-state index contributed by atoms with van der Waals surface area (Å²) in [6.45, 7) is 10.2. The minimum atomic E-state index is -0.622. The zero-order valence-electron chi connectivity index (χ0n) is 25.2. The molecule has 2 unspecified atom stereocenters. The highest BCUT2D eigenvalue weighted by Crippen LogP contribution is 2.34. The quantitative estimate of drug-likeness (QED) is 0.270. The van der Waals surface area contributed by atoms with E-state index in [1.165, 1.54) is 21.7 Å². The lowest BCUT2D eigenvalue weighted by atomic mass is 10.0. The van der Waals surface area contributed by atoms with Crippen LogP contribution in [0.1, 0.15) is 58.9 Å². The van der Waals surface area contributed by atoms with Crippen LogP contribution < -0.4 is 22.6 Å². The van der Waals surface area contributed by atoms with E-state index in [-0.39, 0.29) is 24.3 Å². The first-order valence-corrected chi connectivity index (χ1v) is 14.6. The number of likely N-dealkylation sites (tertiary alicyclic amines) is 1. The second-order valence-corrected chi connectivity index (χ2v) is 10.6. The van der Waals surface area contributed by atoms with Crippen molar-refractivity contribution in [3.63, 3.8) is 0 Å². The van der Waals surface area contributed by atoms with Crippen molar-refractivity contribution in [2.24, 2.45) is 29.1 Å². The van der Waals surface area contributed by atoms with Crippen LogP contribution in [0.2, 0.25) is 0 Å². The Morgan fingerprint density at radius 3 is 2.10 bits per heavy atom. The summed E-state index contributed by atoms with van der Waals surface area (Å²) in [6, 6.07) is 17.8. The number of carbonyl (C=O) groups excluding carboxylic acids is 3. The standard InChI is InChI=1S/C17H30N6O3.C13H12.C2H6/c1-10(2)15(23(20)9-12(18)11-5-6-11)17(26)22-7-3-4-13(22)16(25)21-8-14(19)24;1-11-7-9-13(10-8-11)12-5-3-2-4-6-12;1-2/h9-11,13,15H,3-8,18,20H2,1-2H3,(H2,19,24)(H,21,25);2-10H,1H3;1-2H3/b12-9-;;. The average Bonchev–Trinajstić information content (AvgIpc) is 3.70. The first-order chi connectivity index (χ1) is 19.6. The summed E-state index contributed by atoms with van der Waals surface area (Å²) in [5.41, 5.74) is 15.6. The van der Waals surface area contributed by atoms with Gasteiger partial charge in [0.05, 0.1) is 6.54 Å². The Hall–Kier alpha value is -3.85. The Morgan fingerprint density at radius 1 is 0.976 bits per heavy atom. The van der Waals surface area contributed by atoms with Gasteiger partial charge in [0.1, 0.15) is 12.1 Å². The van der Waals surface area contributed by atoms with Gasteiger partial charge in [-0.3, -0.25) is 14.4 Å². The van der Waals surface area contributed by atoms with Crippen LogP contribution in [0.25, 0.3) is 11.1 Å². The molecule has 1 saturated heterocycles. The number of carbonyl (C=O) groups is 3. The van der Waals surface area contributed by atoms with Crippen molar-refractivity contribution >= 4 is 17.7 Å².